The largest absolute Gasteiger partial charge is 0.465 e. The van der Waals surface area contributed by atoms with Crippen LogP contribution in [0.15, 0.2) is 36.9 Å². The van der Waals surface area contributed by atoms with Crippen molar-refractivity contribution >= 4 is 6.09 Å². The van der Waals surface area contributed by atoms with Crippen LogP contribution in [-0.2, 0) is 5.60 Å². The lowest BCUT2D eigenvalue weighted by atomic mass is 9.84. The second-order valence-corrected chi connectivity index (χ2v) is 7.30. The molecule has 0 saturated carbocycles. The molecular formula is C19H28FNO3. The highest BCUT2D eigenvalue weighted by atomic mass is 19.1. The Hall–Kier alpha value is -1.88. The molecule has 0 heterocycles. The highest BCUT2D eigenvalue weighted by Crippen LogP contribution is 2.31. The molecule has 0 saturated heterocycles. The van der Waals surface area contributed by atoms with Gasteiger partial charge in [0, 0.05) is 12.6 Å². The Kier molecular flexibility index (Phi) is 6.55. The Labute approximate surface area is 143 Å². The molecule has 1 amide bonds. The van der Waals surface area contributed by atoms with Crippen LogP contribution >= 0.6 is 0 Å². The van der Waals surface area contributed by atoms with Crippen molar-refractivity contribution in [1.82, 2.24) is 4.90 Å². The second kappa shape index (κ2) is 7.79. The quantitative estimate of drug-likeness (QED) is 0.725. The number of nitrogens with zero attached hydrogens (tertiary/aromatic N) is 1. The molecule has 0 fully saturated rings. The topological polar surface area (TPSA) is 60.8 Å². The number of benzene rings is 1. The van der Waals surface area contributed by atoms with Crippen LogP contribution in [-0.4, -0.2) is 33.8 Å². The van der Waals surface area contributed by atoms with Crippen molar-refractivity contribution in [2.75, 3.05) is 6.54 Å². The SMILES string of the molecule is C=CCC(O)(CCN(C(=O)O)C(C)C(C)(C)C)c1ccc(F)cc1. The molecule has 1 aromatic carbocycles. The molecule has 1 rings (SSSR count). The standard InChI is InChI=1S/C19H28FNO3/c1-6-11-19(24,15-7-9-16(20)10-8-15)12-13-21(17(22)23)14(2)18(3,4)5/h6-10,14,24H,1,11-13H2,2-5H3,(H,22,23). The summed E-state index contributed by atoms with van der Waals surface area (Å²) in [7, 11) is 0. The summed E-state index contributed by atoms with van der Waals surface area (Å²) in [5.41, 5.74) is -0.941. The highest BCUT2D eigenvalue weighted by molar-refractivity contribution is 5.65. The third-order valence-electron chi connectivity index (χ3n) is 4.60. The first-order chi connectivity index (χ1) is 11.0. The number of hydrogen-bond donors (Lipinski definition) is 2. The molecule has 0 aliphatic carbocycles. The summed E-state index contributed by atoms with van der Waals surface area (Å²) in [4.78, 5) is 13.0. The minimum Gasteiger partial charge on any atom is -0.465 e. The van der Waals surface area contributed by atoms with E-state index in [1.54, 1.807) is 6.08 Å². The molecule has 24 heavy (non-hydrogen) atoms. The Morgan fingerprint density at radius 2 is 1.88 bits per heavy atom. The van der Waals surface area contributed by atoms with Crippen molar-refractivity contribution in [3.8, 4) is 0 Å². The zero-order valence-corrected chi connectivity index (χ0v) is 14.9. The van der Waals surface area contributed by atoms with Gasteiger partial charge in [0.05, 0.1) is 5.60 Å². The van der Waals surface area contributed by atoms with Crippen LogP contribution in [0.25, 0.3) is 0 Å². The van der Waals surface area contributed by atoms with Crippen molar-refractivity contribution in [2.45, 2.75) is 52.2 Å². The summed E-state index contributed by atoms with van der Waals surface area (Å²) in [6.07, 6.45) is 1.03. The molecule has 0 spiro atoms. The van der Waals surface area contributed by atoms with Gasteiger partial charge in [-0.05, 0) is 42.9 Å². The Balaban J connectivity index is 3.00. The fourth-order valence-corrected chi connectivity index (χ4v) is 2.59. The van der Waals surface area contributed by atoms with Crippen LogP contribution in [0.5, 0.6) is 0 Å². The van der Waals surface area contributed by atoms with E-state index in [9.17, 15) is 19.4 Å². The van der Waals surface area contributed by atoms with Crippen LogP contribution in [0.1, 0.15) is 46.1 Å². The summed E-state index contributed by atoms with van der Waals surface area (Å²) < 4.78 is 13.1. The first-order valence-electron chi connectivity index (χ1n) is 8.10. The average Bonchev–Trinajstić information content (AvgIpc) is 2.46. The number of halogens is 1. The molecule has 0 aliphatic heterocycles. The Morgan fingerprint density at radius 3 is 2.29 bits per heavy atom. The van der Waals surface area contributed by atoms with Gasteiger partial charge in [-0.15, -0.1) is 6.58 Å². The van der Waals surface area contributed by atoms with Crippen LogP contribution in [0.3, 0.4) is 0 Å². The van der Waals surface area contributed by atoms with Gasteiger partial charge in [0.2, 0.25) is 0 Å². The molecule has 1 aromatic rings. The van der Waals surface area contributed by atoms with E-state index in [1.165, 1.54) is 29.2 Å². The lowest BCUT2D eigenvalue weighted by Crippen LogP contribution is -2.47. The number of rotatable bonds is 7. The molecule has 0 radical (unpaired) electrons. The number of carboxylic acid groups (broad SMARTS) is 1. The second-order valence-electron chi connectivity index (χ2n) is 7.30. The van der Waals surface area contributed by atoms with Crippen LogP contribution < -0.4 is 0 Å². The zero-order valence-electron chi connectivity index (χ0n) is 14.9. The summed E-state index contributed by atoms with van der Waals surface area (Å²) in [5.74, 6) is -0.381. The first-order valence-corrected chi connectivity index (χ1v) is 8.10. The maximum atomic E-state index is 13.1. The highest BCUT2D eigenvalue weighted by Gasteiger charge is 2.33. The molecule has 0 aliphatic rings. The molecule has 4 nitrogen and oxygen atoms in total. The number of carbonyl (C=O) groups is 1. The van der Waals surface area contributed by atoms with Crippen molar-refractivity contribution in [1.29, 1.82) is 0 Å². The van der Waals surface area contributed by atoms with Gasteiger partial charge < -0.3 is 15.1 Å². The molecule has 5 heteroatoms. The van der Waals surface area contributed by atoms with Crippen molar-refractivity contribution < 1.29 is 19.4 Å². The Bertz CT molecular complexity index is 565. The van der Waals surface area contributed by atoms with Gasteiger partial charge in [-0.25, -0.2) is 9.18 Å². The maximum absolute atomic E-state index is 13.1. The monoisotopic (exact) mass is 337 g/mol. The van der Waals surface area contributed by atoms with E-state index in [-0.39, 0.29) is 36.7 Å². The molecular weight excluding hydrogens is 309 g/mol. The average molecular weight is 337 g/mol. The summed E-state index contributed by atoms with van der Waals surface area (Å²) in [6, 6.07) is 5.41. The van der Waals surface area contributed by atoms with Crippen molar-refractivity contribution in [2.24, 2.45) is 5.41 Å². The maximum Gasteiger partial charge on any atom is 0.407 e. The predicted molar refractivity (Wildman–Crippen MR) is 93.4 cm³/mol. The van der Waals surface area contributed by atoms with Gasteiger partial charge in [0.25, 0.3) is 0 Å². The van der Waals surface area contributed by atoms with Gasteiger partial charge in [0.15, 0.2) is 0 Å². The van der Waals surface area contributed by atoms with E-state index < -0.39 is 11.7 Å². The third-order valence-corrected chi connectivity index (χ3v) is 4.60. The summed E-state index contributed by atoms with van der Waals surface area (Å²) in [6.45, 7) is 11.6. The lowest BCUT2D eigenvalue weighted by molar-refractivity contribution is 0.0106. The lowest BCUT2D eigenvalue weighted by Gasteiger charge is -2.38. The van der Waals surface area contributed by atoms with E-state index in [0.29, 0.717) is 5.56 Å². The van der Waals surface area contributed by atoms with Gasteiger partial charge in [-0.2, -0.15) is 0 Å². The van der Waals surface area contributed by atoms with Gasteiger partial charge >= 0.3 is 6.09 Å². The summed E-state index contributed by atoms with van der Waals surface area (Å²) in [5, 5.41) is 20.5. The minimum atomic E-state index is -1.28. The molecule has 2 N–H and O–H groups in total. The van der Waals surface area contributed by atoms with Gasteiger partial charge in [-0.3, -0.25) is 0 Å². The molecule has 134 valence electrons. The molecule has 0 aromatic heterocycles. The fourth-order valence-electron chi connectivity index (χ4n) is 2.59. The summed E-state index contributed by atoms with van der Waals surface area (Å²) >= 11 is 0. The van der Waals surface area contributed by atoms with E-state index in [0.717, 1.165) is 0 Å². The fraction of sp³-hybridized carbons (Fsp3) is 0.526. The number of aliphatic hydroxyl groups is 1. The smallest absolute Gasteiger partial charge is 0.407 e. The number of hydrogen-bond acceptors (Lipinski definition) is 2. The third kappa shape index (κ3) is 5.06. The Morgan fingerprint density at radius 1 is 1.33 bits per heavy atom. The van der Waals surface area contributed by atoms with E-state index in [1.807, 2.05) is 27.7 Å². The van der Waals surface area contributed by atoms with Gasteiger partial charge in [-0.1, -0.05) is 39.0 Å². The molecule has 2 unspecified atom stereocenters. The predicted octanol–water partition coefficient (Wildman–Crippen LogP) is 4.39. The van der Waals surface area contributed by atoms with Crippen LogP contribution in [0, 0.1) is 11.2 Å². The van der Waals surface area contributed by atoms with E-state index >= 15 is 0 Å². The normalized spacial score (nSPS) is 15.4. The van der Waals surface area contributed by atoms with Gasteiger partial charge in [0.1, 0.15) is 5.82 Å². The number of amides is 1. The molecule has 2 atom stereocenters. The van der Waals surface area contributed by atoms with E-state index in [2.05, 4.69) is 6.58 Å². The van der Waals surface area contributed by atoms with Crippen molar-refractivity contribution in [3.05, 3.63) is 48.3 Å². The van der Waals surface area contributed by atoms with Crippen LogP contribution in [0.2, 0.25) is 0 Å². The minimum absolute atomic E-state index is 0.176. The van der Waals surface area contributed by atoms with E-state index in [4.69, 9.17) is 0 Å². The van der Waals surface area contributed by atoms with Crippen LogP contribution in [0.4, 0.5) is 9.18 Å². The molecule has 0 bridgehead atoms. The zero-order chi connectivity index (χ0) is 18.5. The first kappa shape index (κ1) is 20.2. The van der Waals surface area contributed by atoms with Crippen molar-refractivity contribution in [3.63, 3.8) is 0 Å².